The second kappa shape index (κ2) is 10.4. The van der Waals surface area contributed by atoms with Crippen molar-refractivity contribution in [3.63, 3.8) is 0 Å². The molecular weight excluding hydrogens is 492 g/mol. The lowest BCUT2D eigenvalue weighted by Gasteiger charge is -2.38. The van der Waals surface area contributed by atoms with E-state index in [9.17, 15) is 13.2 Å². The van der Waals surface area contributed by atoms with E-state index in [1.54, 1.807) is 18.4 Å². The molecule has 36 heavy (non-hydrogen) atoms. The number of hydrogen-bond acceptors (Lipinski definition) is 5. The number of methoxy groups -OCH3 is 1. The van der Waals surface area contributed by atoms with E-state index >= 15 is 0 Å². The summed E-state index contributed by atoms with van der Waals surface area (Å²) >= 11 is 1.70. The summed E-state index contributed by atoms with van der Waals surface area (Å²) in [5, 5.41) is 2.06. The number of nitrogens with zero attached hydrogens (tertiary/aromatic N) is 2. The van der Waals surface area contributed by atoms with Gasteiger partial charge in [-0.15, -0.1) is 11.3 Å². The highest BCUT2D eigenvalue weighted by atomic mass is 32.2. The van der Waals surface area contributed by atoms with Crippen LogP contribution in [0.5, 0.6) is 5.75 Å². The molecule has 0 saturated heterocycles. The molecule has 8 heteroatoms. The number of fused-ring (bicyclic) bond motifs is 1. The Morgan fingerprint density at radius 1 is 1.11 bits per heavy atom. The van der Waals surface area contributed by atoms with Gasteiger partial charge in [0, 0.05) is 17.5 Å². The topological polar surface area (TPSA) is 66.9 Å². The molecule has 1 atom stereocenters. The molecule has 192 valence electrons. The molecule has 1 aromatic heterocycles. The van der Waals surface area contributed by atoms with Crippen LogP contribution in [0.2, 0.25) is 0 Å². The monoisotopic (exact) mass is 526 g/mol. The average Bonchev–Trinajstić information content (AvgIpc) is 3.29. The van der Waals surface area contributed by atoms with Crippen LogP contribution in [-0.2, 0) is 21.2 Å². The lowest BCUT2D eigenvalue weighted by Crippen LogP contribution is -2.48. The van der Waals surface area contributed by atoms with Crippen LogP contribution in [-0.4, -0.2) is 49.8 Å². The number of hydrogen-bond donors (Lipinski definition) is 0. The maximum absolute atomic E-state index is 13.9. The Morgan fingerprint density at radius 2 is 1.75 bits per heavy atom. The van der Waals surface area contributed by atoms with E-state index in [0.717, 1.165) is 28.9 Å². The highest BCUT2D eigenvalue weighted by molar-refractivity contribution is 7.89. The molecule has 1 unspecified atom stereocenters. The lowest BCUT2D eigenvalue weighted by atomic mass is 9.93. The zero-order chi connectivity index (χ0) is 26.2. The molecule has 1 amide bonds. The van der Waals surface area contributed by atoms with Gasteiger partial charge in [-0.05, 0) is 86.9 Å². The van der Waals surface area contributed by atoms with Crippen LogP contribution in [0.25, 0.3) is 0 Å². The Morgan fingerprint density at radius 3 is 2.33 bits per heavy atom. The highest BCUT2D eigenvalue weighted by Crippen LogP contribution is 2.38. The van der Waals surface area contributed by atoms with Gasteiger partial charge in [0.25, 0.3) is 0 Å². The SMILES string of the molecule is COc1ccc(C2c3ccsc3CCN2C(=O)CN(C(C)C)S(=O)(=O)c2c(C)cc(C)cc2C)cc1. The first-order chi connectivity index (χ1) is 17.0. The van der Waals surface area contributed by atoms with Gasteiger partial charge in [0.2, 0.25) is 15.9 Å². The standard InChI is InChI=1S/C28H34N2O4S2/c1-18(2)30(36(32,33)28-20(4)15-19(3)16-21(28)5)17-26(31)29-13-11-25-24(12-14-35-25)27(29)22-7-9-23(34-6)10-8-22/h7-10,12,14-16,18,27H,11,13,17H2,1-6H3. The number of benzene rings is 2. The van der Waals surface area contributed by atoms with Crippen molar-refractivity contribution in [2.75, 3.05) is 20.2 Å². The van der Waals surface area contributed by atoms with E-state index in [0.29, 0.717) is 22.6 Å². The number of thiophene rings is 1. The normalized spacial score (nSPS) is 15.9. The van der Waals surface area contributed by atoms with Crippen molar-refractivity contribution in [3.8, 4) is 5.75 Å². The van der Waals surface area contributed by atoms with Crippen LogP contribution in [0, 0.1) is 20.8 Å². The first-order valence-corrected chi connectivity index (χ1v) is 14.5. The molecule has 3 aromatic rings. The smallest absolute Gasteiger partial charge is 0.244 e. The van der Waals surface area contributed by atoms with Gasteiger partial charge in [-0.3, -0.25) is 4.79 Å². The minimum Gasteiger partial charge on any atom is -0.497 e. The minimum atomic E-state index is -3.88. The predicted octanol–water partition coefficient (Wildman–Crippen LogP) is 5.26. The predicted molar refractivity (Wildman–Crippen MR) is 144 cm³/mol. The van der Waals surface area contributed by atoms with Crippen molar-refractivity contribution in [1.82, 2.24) is 9.21 Å². The Bertz CT molecular complexity index is 1340. The fraction of sp³-hybridized carbons (Fsp3) is 0.393. The van der Waals surface area contributed by atoms with Gasteiger partial charge < -0.3 is 9.64 Å². The van der Waals surface area contributed by atoms with Crippen LogP contribution in [0.1, 0.15) is 52.6 Å². The Kier molecular flexibility index (Phi) is 7.59. The summed E-state index contributed by atoms with van der Waals surface area (Å²) < 4.78 is 34.4. The summed E-state index contributed by atoms with van der Waals surface area (Å²) in [5.41, 5.74) is 4.49. The number of carbonyl (C=O) groups is 1. The Balaban J connectivity index is 1.70. The number of ether oxygens (including phenoxy) is 1. The van der Waals surface area contributed by atoms with Gasteiger partial charge in [-0.25, -0.2) is 8.42 Å². The van der Waals surface area contributed by atoms with Crippen LogP contribution < -0.4 is 4.74 Å². The van der Waals surface area contributed by atoms with E-state index in [2.05, 4.69) is 11.4 Å². The van der Waals surface area contributed by atoms with Gasteiger partial charge >= 0.3 is 0 Å². The molecule has 0 saturated carbocycles. The highest BCUT2D eigenvalue weighted by Gasteiger charge is 2.37. The number of aryl methyl sites for hydroxylation is 3. The first kappa shape index (κ1) is 26.4. The van der Waals surface area contributed by atoms with Crippen molar-refractivity contribution in [3.05, 3.63) is 80.5 Å². The molecule has 0 fully saturated rings. The maximum Gasteiger partial charge on any atom is 0.244 e. The third-order valence-electron chi connectivity index (χ3n) is 6.76. The Labute approximate surface area is 218 Å². The van der Waals surface area contributed by atoms with E-state index in [4.69, 9.17) is 4.74 Å². The first-order valence-electron chi connectivity index (χ1n) is 12.1. The van der Waals surface area contributed by atoms with Gasteiger partial charge in [0.05, 0.1) is 24.6 Å². The fourth-order valence-corrected chi connectivity index (χ4v) is 8.10. The van der Waals surface area contributed by atoms with E-state index in [-0.39, 0.29) is 24.5 Å². The zero-order valence-corrected chi connectivity index (χ0v) is 23.4. The molecule has 0 bridgehead atoms. The van der Waals surface area contributed by atoms with E-state index in [1.807, 2.05) is 75.9 Å². The molecule has 0 spiro atoms. The molecule has 0 aliphatic carbocycles. The lowest BCUT2D eigenvalue weighted by molar-refractivity contribution is -0.133. The zero-order valence-electron chi connectivity index (χ0n) is 21.7. The second-order valence-corrected chi connectivity index (χ2v) is 12.5. The molecule has 4 rings (SSSR count). The van der Waals surface area contributed by atoms with Gasteiger partial charge in [0.1, 0.15) is 5.75 Å². The fourth-order valence-electron chi connectivity index (χ4n) is 5.19. The summed E-state index contributed by atoms with van der Waals surface area (Å²) in [6, 6.07) is 12.9. The third-order valence-corrected chi connectivity index (χ3v) is 10.1. The molecule has 2 aromatic carbocycles. The summed E-state index contributed by atoms with van der Waals surface area (Å²) in [7, 11) is -2.26. The van der Waals surface area contributed by atoms with Crippen LogP contribution in [0.15, 0.2) is 52.7 Å². The Hall–Kier alpha value is -2.68. The number of amides is 1. The van der Waals surface area contributed by atoms with Crippen molar-refractivity contribution >= 4 is 27.3 Å². The summed E-state index contributed by atoms with van der Waals surface area (Å²) in [6.07, 6.45) is 0.760. The molecule has 6 nitrogen and oxygen atoms in total. The molecule has 2 heterocycles. The largest absolute Gasteiger partial charge is 0.497 e. The maximum atomic E-state index is 13.9. The van der Waals surface area contributed by atoms with Crippen molar-refractivity contribution in [2.24, 2.45) is 0 Å². The van der Waals surface area contributed by atoms with Crippen molar-refractivity contribution in [1.29, 1.82) is 0 Å². The molecular formula is C28H34N2O4S2. The van der Waals surface area contributed by atoms with Crippen LogP contribution >= 0.6 is 11.3 Å². The summed E-state index contributed by atoms with van der Waals surface area (Å²) in [6.45, 7) is 9.55. The molecule has 1 aliphatic heterocycles. The van der Waals surface area contributed by atoms with Gasteiger partial charge in [-0.2, -0.15) is 4.31 Å². The van der Waals surface area contributed by atoms with E-state index in [1.165, 1.54) is 9.18 Å². The third kappa shape index (κ3) is 4.94. The number of sulfonamides is 1. The number of rotatable bonds is 7. The van der Waals surface area contributed by atoms with Crippen molar-refractivity contribution < 1.29 is 17.9 Å². The van der Waals surface area contributed by atoms with Crippen LogP contribution in [0.4, 0.5) is 0 Å². The average molecular weight is 527 g/mol. The van der Waals surface area contributed by atoms with E-state index < -0.39 is 10.0 Å². The van der Waals surface area contributed by atoms with Gasteiger partial charge in [0.15, 0.2) is 0 Å². The summed E-state index contributed by atoms with van der Waals surface area (Å²) in [5.74, 6) is 0.547. The van der Waals surface area contributed by atoms with Gasteiger partial charge in [-0.1, -0.05) is 29.8 Å². The van der Waals surface area contributed by atoms with Crippen molar-refractivity contribution in [2.45, 2.75) is 58.0 Å². The second-order valence-electron chi connectivity index (χ2n) is 9.68. The number of carbonyl (C=O) groups excluding carboxylic acids is 1. The quantitative estimate of drug-likeness (QED) is 0.422. The minimum absolute atomic E-state index is 0.202. The summed E-state index contributed by atoms with van der Waals surface area (Å²) in [4.78, 5) is 17.2. The van der Waals surface area contributed by atoms with Crippen LogP contribution in [0.3, 0.4) is 0 Å². The molecule has 0 radical (unpaired) electrons. The molecule has 0 N–H and O–H groups in total. The molecule has 1 aliphatic rings.